The van der Waals surface area contributed by atoms with Crippen molar-refractivity contribution < 1.29 is 14.0 Å². The lowest BCUT2D eigenvalue weighted by molar-refractivity contribution is -0.128. The molecular weight excluding hydrogens is 416 g/mol. The molecule has 8 heteroatoms. The van der Waals surface area contributed by atoms with Crippen LogP contribution in [-0.4, -0.2) is 34.1 Å². The maximum absolute atomic E-state index is 12.6. The first-order chi connectivity index (χ1) is 13.5. The fraction of sp³-hybridized carbons (Fsp3) is 0.250. The predicted molar refractivity (Wildman–Crippen MR) is 117 cm³/mol. The zero-order valence-corrected chi connectivity index (χ0v) is 17.6. The number of carbonyl (C=O) groups is 2. The van der Waals surface area contributed by atoms with Crippen molar-refractivity contribution >= 4 is 57.8 Å². The molecule has 146 valence electrons. The molecule has 2 heterocycles. The van der Waals surface area contributed by atoms with E-state index < -0.39 is 0 Å². The maximum atomic E-state index is 12.6. The normalized spacial score (nSPS) is 15.5. The van der Waals surface area contributed by atoms with Crippen LogP contribution in [0.1, 0.15) is 25.5 Å². The van der Waals surface area contributed by atoms with Crippen LogP contribution in [0.4, 0.5) is 0 Å². The number of halogens is 1. The SMILES string of the molecule is CCCCNC(=O)CN1C(=O)/C(=C/c2ccc(-c3ccc(Cl)cc3)o2)SC1=S. The molecule has 2 aromatic rings. The smallest absolute Gasteiger partial charge is 0.266 e. The van der Waals surface area contributed by atoms with Crippen molar-refractivity contribution in [2.45, 2.75) is 19.8 Å². The van der Waals surface area contributed by atoms with Gasteiger partial charge in [-0.3, -0.25) is 14.5 Å². The van der Waals surface area contributed by atoms with Gasteiger partial charge in [0.1, 0.15) is 22.4 Å². The molecule has 1 aliphatic rings. The van der Waals surface area contributed by atoms with Gasteiger partial charge in [-0.05, 0) is 42.8 Å². The van der Waals surface area contributed by atoms with Gasteiger partial charge in [0, 0.05) is 23.2 Å². The molecule has 1 N–H and O–H groups in total. The van der Waals surface area contributed by atoms with Gasteiger partial charge in [0.2, 0.25) is 5.91 Å². The van der Waals surface area contributed by atoms with Crippen LogP contribution in [0.15, 0.2) is 45.7 Å². The van der Waals surface area contributed by atoms with Gasteiger partial charge in [0.05, 0.1) is 4.91 Å². The number of furan rings is 1. The summed E-state index contributed by atoms with van der Waals surface area (Å²) >= 11 is 12.3. The van der Waals surface area contributed by atoms with Gasteiger partial charge in [0.25, 0.3) is 5.91 Å². The minimum atomic E-state index is -0.287. The van der Waals surface area contributed by atoms with Gasteiger partial charge in [-0.1, -0.05) is 48.9 Å². The van der Waals surface area contributed by atoms with E-state index >= 15 is 0 Å². The molecule has 1 fully saturated rings. The Morgan fingerprint density at radius 1 is 1.29 bits per heavy atom. The van der Waals surface area contributed by atoms with E-state index in [1.807, 2.05) is 25.1 Å². The third-order valence-corrected chi connectivity index (χ3v) is 5.69. The Kier molecular flexibility index (Phi) is 6.93. The highest BCUT2D eigenvalue weighted by atomic mass is 35.5. The minimum absolute atomic E-state index is 0.0695. The van der Waals surface area contributed by atoms with Gasteiger partial charge in [-0.25, -0.2) is 0 Å². The summed E-state index contributed by atoms with van der Waals surface area (Å²) < 4.78 is 6.18. The van der Waals surface area contributed by atoms with Gasteiger partial charge < -0.3 is 9.73 Å². The number of hydrogen-bond acceptors (Lipinski definition) is 5. The number of amides is 2. The largest absolute Gasteiger partial charge is 0.457 e. The lowest BCUT2D eigenvalue weighted by Crippen LogP contribution is -2.39. The molecule has 1 aromatic carbocycles. The van der Waals surface area contributed by atoms with Crippen molar-refractivity contribution in [1.82, 2.24) is 10.2 Å². The molecular formula is C20H19ClN2O3S2. The molecule has 2 amide bonds. The summed E-state index contributed by atoms with van der Waals surface area (Å²) in [5.74, 6) is 0.714. The summed E-state index contributed by atoms with van der Waals surface area (Å²) in [6, 6.07) is 10.9. The fourth-order valence-corrected chi connectivity index (χ4v) is 3.93. The number of hydrogen-bond donors (Lipinski definition) is 1. The number of thiocarbonyl (C=S) groups is 1. The first-order valence-corrected chi connectivity index (χ1v) is 10.5. The summed E-state index contributed by atoms with van der Waals surface area (Å²) in [5.41, 5.74) is 0.889. The third kappa shape index (κ3) is 5.04. The molecule has 0 radical (unpaired) electrons. The quantitative estimate of drug-likeness (QED) is 0.388. The van der Waals surface area contributed by atoms with Crippen LogP contribution in [0.25, 0.3) is 17.4 Å². The standard InChI is InChI=1S/C20H19ClN2O3S2/c1-2-3-10-22-18(24)12-23-19(25)17(28-20(23)27)11-15-8-9-16(26-15)13-4-6-14(21)7-5-13/h4-9,11H,2-3,10,12H2,1H3,(H,22,24)/b17-11-. The zero-order valence-electron chi connectivity index (χ0n) is 15.2. The highest BCUT2D eigenvalue weighted by Crippen LogP contribution is 2.33. The zero-order chi connectivity index (χ0) is 20.1. The van der Waals surface area contributed by atoms with Crippen molar-refractivity contribution in [1.29, 1.82) is 0 Å². The van der Waals surface area contributed by atoms with Gasteiger partial charge >= 0.3 is 0 Å². The third-order valence-electron chi connectivity index (χ3n) is 4.06. The molecule has 0 saturated carbocycles. The monoisotopic (exact) mass is 434 g/mol. The lowest BCUT2D eigenvalue weighted by Gasteiger charge is -2.13. The topological polar surface area (TPSA) is 62.6 Å². The van der Waals surface area contributed by atoms with Gasteiger partial charge in [-0.2, -0.15) is 0 Å². The van der Waals surface area contributed by atoms with Crippen molar-refractivity contribution in [3.63, 3.8) is 0 Å². The number of nitrogens with one attached hydrogen (secondary N) is 1. The average Bonchev–Trinajstić information content (AvgIpc) is 3.23. The number of benzene rings is 1. The first-order valence-electron chi connectivity index (χ1n) is 8.85. The first kappa shape index (κ1) is 20.6. The number of unbranched alkanes of at least 4 members (excludes halogenated alkanes) is 1. The molecule has 0 atom stereocenters. The number of thioether (sulfide) groups is 1. The van der Waals surface area contributed by atoms with E-state index in [0.717, 1.165) is 18.4 Å². The molecule has 1 saturated heterocycles. The highest BCUT2D eigenvalue weighted by Gasteiger charge is 2.33. The van der Waals surface area contributed by atoms with Crippen LogP contribution in [0.5, 0.6) is 0 Å². The average molecular weight is 435 g/mol. The molecule has 0 aliphatic carbocycles. The molecule has 0 spiro atoms. The second-order valence-electron chi connectivity index (χ2n) is 6.18. The van der Waals surface area contributed by atoms with E-state index in [-0.39, 0.29) is 18.4 Å². The maximum Gasteiger partial charge on any atom is 0.266 e. The van der Waals surface area contributed by atoms with Crippen LogP contribution in [0.3, 0.4) is 0 Å². The van der Waals surface area contributed by atoms with E-state index in [1.54, 1.807) is 24.3 Å². The van der Waals surface area contributed by atoms with Crippen molar-refractivity contribution in [3.05, 3.63) is 52.1 Å². The van der Waals surface area contributed by atoms with E-state index in [9.17, 15) is 9.59 Å². The second kappa shape index (κ2) is 9.41. The van der Waals surface area contributed by atoms with Crippen LogP contribution in [-0.2, 0) is 9.59 Å². The van der Waals surface area contributed by atoms with Crippen molar-refractivity contribution in [3.8, 4) is 11.3 Å². The second-order valence-corrected chi connectivity index (χ2v) is 8.29. The van der Waals surface area contributed by atoms with Gasteiger partial charge in [-0.15, -0.1) is 0 Å². The molecule has 0 bridgehead atoms. The molecule has 0 unspecified atom stereocenters. The Morgan fingerprint density at radius 2 is 2.04 bits per heavy atom. The van der Waals surface area contributed by atoms with Crippen LogP contribution in [0.2, 0.25) is 5.02 Å². The summed E-state index contributed by atoms with van der Waals surface area (Å²) in [6.07, 6.45) is 3.54. The summed E-state index contributed by atoms with van der Waals surface area (Å²) in [5, 5.41) is 3.44. The number of carbonyl (C=O) groups excluding carboxylic acids is 2. The van der Waals surface area contributed by atoms with Crippen LogP contribution < -0.4 is 5.32 Å². The van der Waals surface area contributed by atoms with Crippen LogP contribution >= 0.6 is 35.6 Å². The van der Waals surface area contributed by atoms with Gasteiger partial charge in [0.15, 0.2) is 0 Å². The molecule has 1 aliphatic heterocycles. The molecule has 28 heavy (non-hydrogen) atoms. The summed E-state index contributed by atoms with van der Waals surface area (Å²) in [6.45, 7) is 2.58. The molecule has 5 nitrogen and oxygen atoms in total. The number of nitrogens with zero attached hydrogens (tertiary/aromatic N) is 1. The Hall–Kier alpha value is -2.09. The van der Waals surface area contributed by atoms with E-state index in [2.05, 4.69) is 5.32 Å². The Bertz CT molecular complexity index is 922. The van der Waals surface area contributed by atoms with E-state index in [4.69, 9.17) is 28.2 Å². The Labute approximate surface area is 178 Å². The van der Waals surface area contributed by atoms with Crippen molar-refractivity contribution in [2.24, 2.45) is 0 Å². The summed E-state index contributed by atoms with van der Waals surface area (Å²) in [4.78, 5) is 26.4. The van der Waals surface area contributed by atoms with Crippen LogP contribution in [0, 0.1) is 0 Å². The summed E-state index contributed by atoms with van der Waals surface area (Å²) in [7, 11) is 0. The van der Waals surface area contributed by atoms with E-state index in [1.165, 1.54) is 16.7 Å². The van der Waals surface area contributed by atoms with E-state index in [0.29, 0.717) is 32.3 Å². The minimum Gasteiger partial charge on any atom is -0.457 e. The fourth-order valence-electron chi connectivity index (χ4n) is 2.57. The molecule has 3 rings (SSSR count). The predicted octanol–water partition coefficient (Wildman–Crippen LogP) is 4.72. The van der Waals surface area contributed by atoms with Crippen molar-refractivity contribution in [2.75, 3.05) is 13.1 Å². The Balaban J connectivity index is 1.68. The highest BCUT2D eigenvalue weighted by molar-refractivity contribution is 8.26. The Morgan fingerprint density at radius 3 is 2.75 bits per heavy atom. The number of rotatable bonds is 7. The lowest BCUT2D eigenvalue weighted by atomic mass is 10.2. The molecule has 1 aromatic heterocycles.